The Kier molecular flexibility index (Phi) is 4.52. The molecule has 5 heteroatoms. The number of methoxy groups -OCH3 is 1. The van der Waals surface area contributed by atoms with Gasteiger partial charge in [-0.3, -0.25) is 4.79 Å². The molecule has 102 valence electrons. The average molecular weight is 262 g/mol. The Morgan fingerprint density at radius 1 is 1.32 bits per heavy atom. The Hall–Kier alpha value is -1.88. The van der Waals surface area contributed by atoms with E-state index < -0.39 is 0 Å². The second kappa shape index (κ2) is 6.33. The highest BCUT2D eigenvalue weighted by atomic mass is 16.5. The van der Waals surface area contributed by atoms with E-state index >= 15 is 0 Å². The molecular formula is C14H18N2O3. The molecule has 1 heterocycles. The summed E-state index contributed by atoms with van der Waals surface area (Å²) in [6, 6.07) is 7.65. The molecular weight excluding hydrogens is 244 g/mol. The summed E-state index contributed by atoms with van der Waals surface area (Å²) in [5, 5.41) is 14.7. The predicted molar refractivity (Wildman–Crippen MR) is 72.2 cm³/mol. The van der Waals surface area contributed by atoms with Crippen molar-refractivity contribution in [1.82, 2.24) is 5.01 Å². The summed E-state index contributed by atoms with van der Waals surface area (Å²) in [5.74, 6) is 0.819. The van der Waals surface area contributed by atoms with E-state index in [1.807, 2.05) is 24.3 Å². The molecule has 0 unspecified atom stereocenters. The van der Waals surface area contributed by atoms with Gasteiger partial charge in [0.2, 0.25) is 5.91 Å². The zero-order valence-corrected chi connectivity index (χ0v) is 11.0. The van der Waals surface area contributed by atoms with E-state index in [4.69, 9.17) is 9.84 Å². The monoisotopic (exact) mass is 262 g/mol. The van der Waals surface area contributed by atoms with Crippen LogP contribution >= 0.6 is 0 Å². The van der Waals surface area contributed by atoms with Crippen LogP contribution in [0.5, 0.6) is 5.75 Å². The summed E-state index contributed by atoms with van der Waals surface area (Å²) in [7, 11) is 1.63. The van der Waals surface area contributed by atoms with Gasteiger partial charge in [0.1, 0.15) is 5.75 Å². The summed E-state index contributed by atoms with van der Waals surface area (Å²) < 4.78 is 5.12. The van der Waals surface area contributed by atoms with Crippen molar-refractivity contribution in [3.8, 4) is 5.75 Å². The number of amides is 1. The molecule has 1 N–H and O–H groups in total. The van der Waals surface area contributed by atoms with E-state index in [0.29, 0.717) is 25.8 Å². The summed E-state index contributed by atoms with van der Waals surface area (Å²) in [4.78, 5) is 11.7. The van der Waals surface area contributed by atoms with Crippen molar-refractivity contribution >= 4 is 11.6 Å². The highest BCUT2D eigenvalue weighted by molar-refractivity contribution is 6.04. The summed E-state index contributed by atoms with van der Waals surface area (Å²) in [5.41, 5.74) is 1.91. The summed E-state index contributed by atoms with van der Waals surface area (Å²) >= 11 is 0. The van der Waals surface area contributed by atoms with E-state index in [1.165, 1.54) is 5.01 Å². The van der Waals surface area contributed by atoms with Gasteiger partial charge in [0.05, 0.1) is 12.8 Å². The third-order valence-electron chi connectivity index (χ3n) is 3.06. The van der Waals surface area contributed by atoms with Crippen LogP contribution in [0, 0.1) is 0 Å². The number of nitrogens with zero attached hydrogens (tertiary/aromatic N) is 2. The van der Waals surface area contributed by atoms with Crippen LogP contribution in [0.25, 0.3) is 0 Å². The number of ether oxygens (including phenoxy) is 1. The molecule has 0 bridgehead atoms. The van der Waals surface area contributed by atoms with Gasteiger partial charge < -0.3 is 9.84 Å². The fraction of sp³-hybridized carbons (Fsp3) is 0.429. The standard InChI is InChI=1S/C14H18N2O3/c1-19-12-5-3-11(4-6-12)13-7-8-14(18)16(15-13)9-2-10-17/h3-6,17H,2,7-10H2,1H3. The van der Waals surface area contributed by atoms with Gasteiger partial charge in [0, 0.05) is 26.0 Å². The molecule has 0 fully saturated rings. The smallest absolute Gasteiger partial charge is 0.243 e. The Morgan fingerprint density at radius 2 is 2.05 bits per heavy atom. The lowest BCUT2D eigenvalue weighted by Gasteiger charge is -2.23. The van der Waals surface area contributed by atoms with Gasteiger partial charge in [-0.25, -0.2) is 5.01 Å². The zero-order chi connectivity index (χ0) is 13.7. The van der Waals surface area contributed by atoms with Crippen molar-refractivity contribution in [3.05, 3.63) is 29.8 Å². The Morgan fingerprint density at radius 3 is 2.68 bits per heavy atom. The maximum atomic E-state index is 11.7. The number of rotatable bonds is 5. The fourth-order valence-electron chi connectivity index (χ4n) is 1.99. The van der Waals surface area contributed by atoms with E-state index in [2.05, 4.69) is 5.10 Å². The van der Waals surface area contributed by atoms with Crippen molar-refractivity contribution in [3.63, 3.8) is 0 Å². The molecule has 2 rings (SSSR count). The van der Waals surface area contributed by atoms with Crippen LogP contribution in [-0.4, -0.2) is 42.0 Å². The van der Waals surface area contributed by atoms with Gasteiger partial charge >= 0.3 is 0 Å². The van der Waals surface area contributed by atoms with Gasteiger partial charge in [-0.2, -0.15) is 5.10 Å². The van der Waals surface area contributed by atoms with E-state index in [0.717, 1.165) is 17.0 Å². The molecule has 0 atom stereocenters. The highest BCUT2D eigenvalue weighted by Crippen LogP contribution is 2.18. The molecule has 0 saturated heterocycles. The molecule has 1 amide bonds. The number of hydrazone groups is 1. The van der Waals surface area contributed by atoms with Crippen molar-refractivity contribution < 1.29 is 14.6 Å². The average Bonchev–Trinajstić information content (AvgIpc) is 2.46. The lowest BCUT2D eigenvalue weighted by molar-refractivity contribution is -0.131. The van der Waals surface area contributed by atoms with Crippen molar-refractivity contribution in [2.45, 2.75) is 19.3 Å². The SMILES string of the molecule is COc1ccc(C2=NN(CCCO)C(=O)CC2)cc1. The number of hydrogen-bond acceptors (Lipinski definition) is 4. The first-order chi connectivity index (χ1) is 9.24. The number of carbonyl (C=O) groups is 1. The Balaban J connectivity index is 2.15. The molecule has 1 aliphatic rings. The molecule has 0 saturated carbocycles. The molecule has 1 aromatic rings. The molecule has 1 aliphatic heterocycles. The van der Waals surface area contributed by atoms with Gasteiger partial charge in [-0.15, -0.1) is 0 Å². The minimum Gasteiger partial charge on any atom is -0.497 e. The second-order valence-electron chi connectivity index (χ2n) is 4.37. The number of aliphatic hydroxyl groups is 1. The third-order valence-corrected chi connectivity index (χ3v) is 3.06. The van der Waals surface area contributed by atoms with E-state index in [-0.39, 0.29) is 12.5 Å². The van der Waals surface area contributed by atoms with Crippen LogP contribution in [0.15, 0.2) is 29.4 Å². The van der Waals surface area contributed by atoms with Gasteiger partial charge in [-0.05, 0) is 36.2 Å². The normalized spacial score (nSPS) is 15.4. The van der Waals surface area contributed by atoms with Crippen LogP contribution in [0.1, 0.15) is 24.8 Å². The topological polar surface area (TPSA) is 62.1 Å². The zero-order valence-electron chi connectivity index (χ0n) is 11.0. The molecule has 0 spiro atoms. The van der Waals surface area contributed by atoms with Crippen molar-refractivity contribution in [2.24, 2.45) is 5.10 Å². The number of hydrogen-bond donors (Lipinski definition) is 1. The lowest BCUT2D eigenvalue weighted by atomic mass is 10.0. The first kappa shape index (κ1) is 13.5. The number of benzene rings is 1. The van der Waals surface area contributed by atoms with Gasteiger partial charge in [-0.1, -0.05) is 0 Å². The highest BCUT2D eigenvalue weighted by Gasteiger charge is 2.20. The molecule has 0 aliphatic carbocycles. The molecule has 0 aromatic heterocycles. The third kappa shape index (κ3) is 3.32. The van der Waals surface area contributed by atoms with E-state index in [9.17, 15) is 4.79 Å². The predicted octanol–water partition coefficient (Wildman–Crippen LogP) is 1.40. The first-order valence-electron chi connectivity index (χ1n) is 6.37. The maximum Gasteiger partial charge on any atom is 0.243 e. The van der Waals surface area contributed by atoms with Crippen LogP contribution < -0.4 is 4.74 Å². The lowest BCUT2D eigenvalue weighted by Crippen LogP contribution is -2.33. The van der Waals surface area contributed by atoms with Gasteiger partial charge in [0.25, 0.3) is 0 Å². The van der Waals surface area contributed by atoms with Crippen molar-refractivity contribution in [1.29, 1.82) is 0 Å². The number of carbonyl (C=O) groups excluding carboxylic acids is 1. The van der Waals surface area contributed by atoms with E-state index in [1.54, 1.807) is 7.11 Å². The maximum absolute atomic E-state index is 11.7. The molecule has 1 aromatic carbocycles. The van der Waals surface area contributed by atoms with Crippen LogP contribution in [-0.2, 0) is 4.79 Å². The largest absolute Gasteiger partial charge is 0.497 e. The quantitative estimate of drug-likeness (QED) is 0.872. The minimum absolute atomic E-state index is 0.0192. The van der Waals surface area contributed by atoms with Crippen molar-refractivity contribution in [2.75, 3.05) is 20.3 Å². The van der Waals surface area contributed by atoms with Crippen LogP contribution in [0.3, 0.4) is 0 Å². The summed E-state index contributed by atoms with van der Waals surface area (Å²) in [6.45, 7) is 0.534. The van der Waals surface area contributed by atoms with Crippen LogP contribution in [0.4, 0.5) is 0 Å². The first-order valence-corrected chi connectivity index (χ1v) is 6.37. The summed E-state index contributed by atoms with van der Waals surface area (Å²) in [6.07, 6.45) is 1.67. The second-order valence-corrected chi connectivity index (χ2v) is 4.37. The van der Waals surface area contributed by atoms with Crippen LogP contribution in [0.2, 0.25) is 0 Å². The molecule has 0 radical (unpaired) electrons. The molecule has 19 heavy (non-hydrogen) atoms. The number of aliphatic hydroxyl groups excluding tert-OH is 1. The minimum atomic E-state index is 0.0192. The molecule has 5 nitrogen and oxygen atoms in total. The Bertz CT molecular complexity index is 468. The fourth-order valence-corrected chi connectivity index (χ4v) is 1.99. The van der Waals surface area contributed by atoms with Gasteiger partial charge in [0.15, 0.2) is 0 Å². The Labute approximate surface area is 112 Å².